The van der Waals surface area contributed by atoms with Crippen molar-refractivity contribution in [2.45, 2.75) is 57.9 Å². The van der Waals surface area contributed by atoms with Gasteiger partial charge in [0.05, 0.1) is 11.6 Å². The molecule has 2 aliphatic rings. The Hall–Kier alpha value is -3.43. The van der Waals surface area contributed by atoms with E-state index in [-0.39, 0.29) is 17.9 Å². The Morgan fingerprint density at radius 3 is 2.56 bits per heavy atom. The van der Waals surface area contributed by atoms with E-state index in [0.29, 0.717) is 11.6 Å². The van der Waals surface area contributed by atoms with Crippen LogP contribution in [0.4, 0.5) is 5.69 Å². The van der Waals surface area contributed by atoms with Gasteiger partial charge in [0.15, 0.2) is 0 Å². The highest BCUT2D eigenvalue weighted by atomic mass is 16.2. The van der Waals surface area contributed by atoms with E-state index in [2.05, 4.69) is 33.7 Å². The Morgan fingerprint density at radius 1 is 1.06 bits per heavy atom. The highest BCUT2D eigenvalue weighted by Crippen LogP contribution is 2.28. The molecule has 0 bridgehead atoms. The zero-order valence-electron chi connectivity index (χ0n) is 21.1. The molecule has 1 heterocycles. The van der Waals surface area contributed by atoms with E-state index in [9.17, 15) is 9.59 Å². The van der Waals surface area contributed by atoms with Gasteiger partial charge in [0.2, 0.25) is 11.8 Å². The molecule has 1 aliphatic heterocycles. The number of para-hydroxylation sites is 1. The van der Waals surface area contributed by atoms with Crippen molar-refractivity contribution in [1.29, 1.82) is 5.26 Å². The van der Waals surface area contributed by atoms with Crippen molar-refractivity contribution in [2.24, 2.45) is 5.92 Å². The molecule has 0 atom stereocenters. The molecule has 1 saturated carbocycles. The van der Waals surface area contributed by atoms with Gasteiger partial charge in [0.1, 0.15) is 0 Å². The van der Waals surface area contributed by atoms with Crippen LogP contribution >= 0.6 is 0 Å². The molecule has 2 N–H and O–H groups in total. The average Bonchev–Trinajstić information content (AvgIpc) is 3.09. The van der Waals surface area contributed by atoms with E-state index < -0.39 is 0 Å². The molecule has 2 aromatic rings. The van der Waals surface area contributed by atoms with Gasteiger partial charge in [0.25, 0.3) is 0 Å². The molecule has 0 saturated heterocycles. The van der Waals surface area contributed by atoms with Crippen molar-refractivity contribution in [2.75, 3.05) is 25.0 Å². The third-order valence-electron chi connectivity index (χ3n) is 7.46. The van der Waals surface area contributed by atoms with Gasteiger partial charge in [-0.2, -0.15) is 5.26 Å². The second-order valence-corrected chi connectivity index (χ2v) is 10.1. The number of anilines is 1. The van der Waals surface area contributed by atoms with Gasteiger partial charge in [0, 0.05) is 37.8 Å². The van der Waals surface area contributed by atoms with Gasteiger partial charge in [-0.3, -0.25) is 9.59 Å². The third kappa shape index (κ3) is 7.29. The molecule has 6 heteroatoms. The van der Waals surface area contributed by atoms with Gasteiger partial charge < -0.3 is 15.5 Å². The van der Waals surface area contributed by atoms with Gasteiger partial charge >= 0.3 is 0 Å². The zero-order valence-corrected chi connectivity index (χ0v) is 21.1. The lowest BCUT2D eigenvalue weighted by Gasteiger charge is -2.30. The minimum absolute atomic E-state index is 0.0835. The number of nitrogens with one attached hydrogen (secondary N) is 2. The molecule has 1 aliphatic carbocycles. The second-order valence-electron chi connectivity index (χ2n) is 10.1. The summed E-state index contributed by atoms with van der Waals surface area (Å²) >= 11 is 0. The van der Waals surface area contributed by atoms with E-state index in [1.807, 2.05) is 30.3 Å². The number of benzene rings is 2. The topological polar surface area (TPSA) is 85.2 Å². The molecule has 36 heavy (non-hydrogen) atoms. The van der Waals surface area contributed by atoms with Crippen LogP contribution in [-0.2, 0) is 22.4 Å². The molecule has 2 aromatic carbocycles. The Morgan fingerprint density at radius 2 is 1.81 bits per heavy atom. The largest absolute Gasteiger partial charge is 0.350 e. The van der Waals surface area contributed by atoms with Crippen molar-refractivity contribution < 1.29 is 9.59 Å². The fourth-order valence-corrected chi connectivity index (χ4v) is 5.39. The Labute approximate surface area is 214 Å². The van der Waals surface area contributed by atoms with E-state index >= 15 is 0 Å². The Bertz CT molecular complexity index is 1140. The summed E-state index contributed by atoms with van der Waals surface area (Å²) in [6.07, 6.45) is 11.0. The first-order chi connectivity index (χ1) is 17.5. The van der Waals surface area contributed by atoms with Gasteiger partial charge in [-0.1, -0.05) is 24.3 Å². The minimum atomic E-state index is -0.132. The van der Waals surface area contributed by atoms with Gasteiger partial charge in [-0.15, -0.1) is 0 Å². The lowest BCUT2D eigenvalue weighted by Crippen LogP contribution is -2.37. The summed E-state index contributed by atoms with van der Waals surface area (Å²) in [4.78, 5) is 26.4. The number of fused-ring (bicyclic) bond motifs is 1. The third-order valence-corrected chi connectivity index (χ3v) is 7.46. The summed E-state index contributed by atoms with van der Waals surface area (Å²) in [5.74, 6) is 0.501. The summed E-state index contributed by atoms with van der Waals surface area (Å²) in [6.45, 7) is 4.74. The maximum atomic E-state index is 12.5. The van der Waals surface area contributed by atoms with Crippen LogP contribution in [0.5, 0.6) is 0 Å². The summed E-state index contributed by atoms with van der Waals surface area (Å²) in [6, 6.07) is 16.1. The van der Waals surface area contributed by atoms with Crippen molar-refractivity contribution in [3.05, 3.63) is 70.8 Å². The molecule has 2 amide bonds. The molecular weight excluding hydrogens is 448 g/mol. The molecule has 0 unspecified atom stereocenters. The van der Waals surface area contributed by atoms with E-state index in [1.165, 1.54) is 24.5 Å². The van der Waals surface area contributed by atoms with Gasteiger partial charge in [-0.25, -0.2) is 0 Å². The first kappa shape index (κ1) is 25.7. The Balaban J connectivity index is 1.18. The SMILES string of the molecule is CC(=O)Nc1ccccc1/C=C/C(=O)NC1CCC(CCN2CCc3ccc(C#N)cc3CC2)CC1. The van der Waals surface area contributed by atoms with Crippen molar-refractivity contribution in [3.8, 4) is 6.07 Å². The summed E-state index contributed by atoms with van der Waals surface area (Å²) in [7, 11) is 0. The zero-order chi connectivity index (χ0) is 25.3. The number of nitrogens with zero attached hydrogens (tertiary/aromatic N) is 2. The number of carbonyl (C=O) groups is 2. The average molecular weight is 485 g/mol. The van der Waals surface area contributed by atoms with Crippen LogP contribution in [-0.4, -0.2) is 42.4 Å². The fourth-order valence-electron chi connectivity index (χ4n) is 5.39. The highest BCUT2D eigenvalue weighted by Gasteiger charge is 2.23. The van der Waals surface area contributed by atoms with Gasteiger partial charge in [-0.05, 0) is 98.4 Å². The number of hydrogen-bond acceptors (Lipinski definition) is 4. The van der Waals surface area contributed by atoms with Crippen molar-refractivity contribution in [3.63, 3.8) is 0 Å². The first-order valence-corrected chi connectivity index (χ1v) is 13.1. The molecule has 4 rings (SSSR count). The lowest BCUT2D eigenvalue weighted by molar-refractivity contribution is -0.117. The number of carbonyl (C=O) groups excluding carboxylic acids is 2. The maximum absolute atomic E-state index is 12.5. The fraction of sp³-hybridized carbons (Fsp3) is 0.433. The van der Waals surface area contributed by atoms with Crippen LogP contribution in [0, 0.1) is 17.2 Å². The van der Waals surface area contributed by atoms with Crippen LogP contribution in [0.3, 0.4) is 0 Å². The number of nitriles is 1. The molecule has 6 nitrogen and oxygen atoms in total. The quantitative estimate of drug-likeness (QED) is 0.558. The van der Waals surface area contributed by atoms with Crippen LogP contribution in [0.25, 0.3) is 6.08 Å². The van der Waals surface area contributed by atoms with Crippen LogP contribution in [0.2, 0.25) is 0 Å². The first-order valence-electron chi connectivity index (χ1n) is 13.1. The second kappa shape index (κ2) is 12.5. The normalized spacial score (nSPS) is 20.2. The minimum Gasteiger partial charge on any atom is -0.350 e. The van der Waals surface area contributed by atoms with E-state index in [1.54, 1.807) is 12.2 Å². The summed E-state index contributed by atoms with van der Waals surface area (Å²) in [5.41, 5.74) is 5.00. The Kier molecular flexibility index (Phi) is 8.91. The smallest absolute Gasteiger partial charge is 0.244 e. The van der Waals surface area contributed by atoms with Crippen LogP contribution in [0.1, 0.15) is 61.3 Å². The predicted octanol–water partition coefficient (Wildman–Crippen LogP) is 4.70. The molecule has 0 radical (unpaired) electrons. The van der Waals surface area contributed by atoms with E-state index in [0.717, 1.165) is 69.3 Å². The van der Waals surface area contributed by atoms with Crippen LogP contribution < -0.4 is 10.6 Å². The molecule has 188 valence electrons. The van der Waals surface area contributed by atoms with Crippen molar-refractivity contribution in [1.82, 2.24) is 10.2 Å². The number of amides is 2. The number of hydrogen-bond donors (Lipinski definition) is 2. The molecular formula is C30H36N4O2. The molecule has 1 fully saturated rings. The van der Waals surface area contributed by atoms with E-state index in [4.69, 9.17) is 5.26 Å². The monoisotopic (exact) mass is 484 g/mol. The van der Waals surface area contributed by atoms with Crippen LogP contribution in [0.15, 0.2) is 48.5 Å². The van der Waals surface area contributed by atoms with Crippen molar-refractivity contribution >= 4 is 23.6 Å². The highest BCUT2D eigenvalue weighted by molar-refractivity contribution is 5.95. The maximum Gasteiger partial charge on any atom is 0.244 e. The molecule has 0 aromatic heterocycles. The summed E-state index contributed by atoms with van der Waals surface area (Å²) in [5, 5.41) is 15.1. The summed E-state index contributed by atoms with van der Waals surface area (Å²) < 4.78 is 0. The predicted molar refractivity (Wildman–Crippen MR) is 143 cm³/mol. The standard InChI is InChI=1S/C30H36N4O2/c1-22(35)32-29-5-3-2-4-26(29)10-13-30(36)33-28-11-7-23(8-12-28)14-17-34-18-15-25-9-6-24(21-31)20-27(25)16-19-34/h2-6,9-10,13,20,23,28H,7-8,11-12,14-19H2,1H3,(H,32,35)(H,33,36)/b13-10+. The number of rotatable bonds is 7. The molecule has 0 spiro atoms. The lowest BCUT2D eigenvalue weighted by atomic mass is 9.84.